The van der Waals surface area contributed by atoms with Crippen molar-refractivity contribution in [1.82, 2.24) is 15.1 Å². The fourth-order valence-electron chi connectivity index (χ4n) is 3.78. The predicted molar refractivity (Wildman–Crippen MR) is 86.0 cm³/mol. The minimum atomic E-state index is -0.497. The number of piperidine rings is 1. The second kappa shape index (κ2) is 7.07. The lowest BCUT2D eigenvalue weighted by Gasteiger charge is -2.40. The highest BCUT2D eigenvalue weighted by molar-refractivity contribution is 5.86. The molecule has 1 unspecified atom stereocenters. The maximum atomic E-state index is 12.1. The topological polar surface area (TPSA) is 61.6 Å². The third-order valence-electron chi connectivity index (χ3n) is 5.01. The molecule has 5 nitrogen and oxygen atoms in total. The molecule has 1 heterocycles. The Kier molecular flexibility index (Phi) is 5.63. The zero-order valence-corrected chi connectivity index (χ0v) is 13.9. The Hall–Kier alpha value is -0.650. The summed E-state index contributed by atoms with van der Waals surface area (Å²) in [6.45, 7) is 7.00. The van der Waals surface area contributed by atoms with Gasteiger partial charge in [0.25, 0.3) is 0 Å². The fraction of sp³-hybridized carbons (Fsp3) is 0.938. The highest BCUT2D eigenvalue weighted by Gasteiger charge is 2.50. The van der Waals surface area contributed by atoms with E-state index < -0.39 is 5.54 Å². The van der Waals surface area contributed by atoms with E-state index in [4.69, 9.17) is 5.73 Å². The van der Waals surface area contributed by atoms with E-state index in [1.807, 2.05) is 0 Å². The van der Waals surface area contributed by atoms with Crippen molar-refractivity contribution in [2.24, 2.45) is 17.6 Å². The number of hydrogen-bond acceptors (Lipinski definition) is 4. The average molecular weight is 296 g/mol. The molecular weight excluding hydrogens is 264 g/mol. The number of likely N-dealkylation sites (tertiary alicyclic amines) is 1. The number of nitrogens with zero attached hydrogens (tertiary/aromatic N) is 2. The maximum Gasteiger partial charge on any atom is 0.239 e. The number of carbonyl (C=O) groups is 1. The van der Waals surface area contributed by atoms with Gasteiger partial charge in [0.15, 0.2) is 0 Å². The molecule has 0 aromatic rings. The first-order chi connectivity index (χ1) is 9.98. The molecule has 122 valence electrons. The first-order valence-corrected chi connectivity index (χ1v) is 8.40. The van der Waals surface area contributed by atoms with Crippen LogP contribution in [0.15, 0.2) is 0 Å². The van der Waals surface area contributed by atoms with Gasteiger partial charge in [0.1, 0.15) is 5.54 Å². The molecule has 21 heavy (non-hydrogen) atoms. The first-order valence-electron chi connectivity index (χ1n) is 8.40. The van der Waals surface area contributed by atoms with Crippen molar-refractivity contribution in [3.05, 3.63) is 0 Å². The van der Waals surface area contributed by atoms with Gasteiger partial charge in [0, 0.05) is 13.1 Å². The fourth-order valence-corrected chi connectivity index (χ4v) is 3.78. The van der Waals surface area contributed by atoms with Crippen LogP contribution >= 0.6 is 0 Å². The van der Waals surface area contributed by atoms with E-state index in [0.717, 1.165) is 44.9 Å². The summed E-state index contributed by atoms with van der Waals surface area (Å²) in [5.41, 5.74) is 5.28. The lowest BCUT2D eigenvalue weighted by molar-refractivity contribution is -0.126. The van der Waals surface area contributed by atoms with E-state index in [1.165, 1.54) is 19.4 Å². The van der Waals surface area contributed by atoms with Crippen molar-refractivity contribution < 1.29 is 4.79 Å². The quantitative estimate of drug-likeness (QED) is 0.685. The standard InChI is InChI=1S/C16H32N4O/c1-4-18-16(15(17)21,14-5-6-14)12-20-9-7-13(8-10-20)11-19(2)3/h13-14,18H,4-12H2,1-3H3,(H2,17,21). The number of nitrogens with one attached hydrogen (secondary N) is 1. The summed E-state index contributed by atoms with van der Waals surface area (Å²) in [4.78, 5) is 16.8. The van der Waals surface area contributed by atoms with Gasteiger partial charge in [-0.3, -0.25) is 4.79 Å². The van der Waals surface area contributed by atoms with Crippen molar-refractivity contribution in [3.63, 3.8) is 0 Å². The Morgan fingerprint density at radius 2 is 1.90 bits per heavy atom. The molecule has 0 spiro atoms. The molecule has 3 N–H and O–H groups in total. The van der Waals surface area contributed by atoms with E-state index in [0.29, 0.717) is 5.92 Å². The van der Waals surface area contributed by atoms with Crippen molar-refractivity contribution in [2.45, 2.75) is 38.1 Å². The normalized spacial score (nSPS) is 24.2. The molecular formula is C16H32N4O. The average Bonchev–Trinajstić information content (AvgIpc) is 3.24. The van der Waals surface area contributed by atoms with Gasteiger partial charge in [0.2, 0.25) is 5.91 Å². The van der Waals surface area contributed by atoms with Crippen molar-refractivity contribution in [3.8, 4) is 0 Å². The number of likely N-dealkylation sites (N-methyl/N-ethyl adjacent to an activating group) is 1. The molecule has 0 radical (unpaired) electrons. The highest BCUT2D eigenvalue weighted by Crippen LogP contribution is 2.40. The Morgan fingerprint density at radius 1 is 1.29 bits per heavy atom. The molecule has 1 aliphatic carbocycles. The molecule has 1 saturated heterocycles. The molecule has 0 bridgehead atoms. The van der Waals surface area contributed by atoms with Crippen LogP contribution in [0.5, 0.6) is 0 Å². The van der Waals surface area contributed by atoms with Gasteiger partial charge in [0.05, 0.1) is 0 Å². The Bertz CT molecular complexity index is 348. The maximum absolute atomic E-state index is 12.1. The number of rotatable bonds is 8. The van der Waals surface area contributed by atoms with Crippen LogP contribution in [0.3, 0.4) is 0 Å². The van der Waals surface area contributed by atoms with Crippen LogP contribution in [-0.4, -0.2) is 68.1 Å². The van der Waals surface area contributed by atoms with Crippen LogP contribution < -0.4 is 11.1 Å². The molecule has 1 amide bonds. The highest BCUT2D eigenvalue weighted by atomic mass is 16.1. The van der Waals surface area contributed by atoms with Gasteiger partial charge in [-0.25, -0.2) is 0 Å². The zero-order chi connectivity index (χ0) is 15.5. The van der Waals surface area contributed by atoms with Crippen LogP contribution in [0.1, 0.15) is 32.6 Å². The Balaban J connectivity index is 1.91. The molecule has 2 aliphatic rings. The Morgan fingerprint density at radius 3 is 2.33 bits per heavy atom. The lowest BCUT2D eigenvalue weighted by atomic mass is 9.89. The second-order valence-electron chi connectivity index (χ2n) is 7.12. The predicted octanol–water partition coefficient (Wildman–Crippen LogP) is 0.504. The number of hydrogen-bond donors (Lipinski definition) is 2. The summed E-state index contributed by atoms with van der Waals surface area (Å²) in [6, 6.07) is 0. The molecule has 1 atom stereocenters. The van der Waals surface area contributed by atoms with Crippen molar-refractivity contribution >= 4 is 5.91 Å². The summed E-state index contributed by atoms with van der Waals surface area (Å²) in [7, 11) is 4.28. The number of carbonyl (C=O) groups excluding carboxylic acids is 1. The molecule has 1 saturated carbocycles. The van der Waals surface area contributed by atoms with Gasteiger partial charge in [-0.1, -0.05) is 6.92 Å². The minimum Gasteiger partial charge on any atom is -0.368 e. The third kappa shape index (κ3) is 4.18. The van der Waals surface area contributed by atoms with Crippen molar-refractivity contribution in [1.29, 1.82) is 0 Å². The van der Waals surface area contributed by atoms with E-state index in [1.54, 1.807) is 0 Å². The number of nitrogens with two attached hydrogens (primary N) is 1. The largest absolute Gasteiger partial charge is 0.368 e. The molecule has 5 heteroatoms. The molecule has 0 aromatic carbocycles. The van der Waals surface area contributed by atoms with Crippen molar-refractivity contribution in [2.75, 3.05) is 46.8 Å². The number of amides is 1. The van der Waals surface area contributed by atoms with Gasteiger partial charge in [-0.15, -0.1) is 0 Å². The van der Waals surface area contributed by atoms with Crippen LogP contribution in [-0.2, 0) is 4.79 Å². The van der Waals surface area contributed by atoms with Gasteiger partial charge >= 0.3 is 0 Å². The van der Waals surface area contributed by atoms with Gasteiger partial charge in [-0.05, 0) is 71.2 Å². The van der Waals surface area contributed by atoms with E-state index in [2.05, 4.69) is 36.1 Å². The molecule has 1 aliphatic heterocycles. The summed E-state index contributed by atoms with van der Waals surface area (Å²) in [6.07, 6.45) is 4.72. The summed E-state index contributed by atoms with van der Waals surface area (Å²) < 4.78 is 0. The third-order valence-corrected chi connectivity index (χ3v) is 5.01. The van der Waals surface area contributed by atoms with E-state index >= 15 is 0 Å². The Labute approximate surface area is 129 Å². The summed E-state index contributed by atoms with van der Waals surface area (Å²) in [5.74, 6) is 1.07. The van der Waals surface area contributed by atoms with Gasteiger partial charge < -0.3 is 20.9 Å². The summed E-state index contributed by atoms with van der Waals surface area (Å²) in [5, 5.41) is 3.42. The number of primary amides is 1. The van der Waals surface area contributed by atoms with Crippen LogP contribution in [0.2, 0.25) is 0 Å². The molecule has 2 fully saturated rings. The zero-order valence-electron chi connectivity index (χ0n) is 13.9. The molecule has 2 rings (SSSR count). The first kappa shape index (κ1) is 16.7. The smallest absolute Gasteiger partial charge is 0.239 e. The lowest BCUT2D eigenvalue weighted by Crippen LogP contribution is -2.63. The summed E-state index contributed by atoms with van der Waals surface area (Å²) >= 11 is 0. The van der Waals surface area contributed by atoms with Crippen LogP contribution in [0, 0.1) is 11.8 Å². The second-order valence-corrected chi connectivity index (χ2v) is 7.12. The SMILES string of the molecule is CCNC(CN1CCC(CN(C)C)CC1)(C(N)=O)C1CC1. The van der Waals surface area contributed by atoms with Crippen LogP contribution in [0.25, 0.3) is 0 Å². The van der Waals surface area contributed by atoms with E-state index in [-0.39, 0.29) is 5.91 Å². The molecule has 0 aromatic heterocycles. The monoisotopic (exact) mass is 296 g/mol. The van der Waals surface area contributed by atoms with Crippen LogP contribution in [0.4, 0.5) is 0 Å². The minimum absolute atomic E-state index is 0.165. The van der Waals surface area contributed by atoms with E-state index in [9.17, 15) is 4.79 Å². The van der Waals surface area contributed by atoms with Gasteiger partial charge in [-0.2, -0.15) is 0 Å².